The maximum absolute atomic E-state index is 11.0. The number of esters is 2. The van der Waals surface area contributed by atoms with Crippen molar-refractivity contribution >= 4 is 17.9 Å². The van der Waals surface area contributed by atoms with Crippen LogP contribution in [-0.4, -0.2) is 23.0 Å². The van der Waals surface area contributed by atoms with E-state index >= 15 is 0 Å². The summed E-state index contributed by atoms with van der Waals surface area (Å²) < 4.78 is 4.39. The first-order chi connectivity index (χ1) is 6.93. The largest absolute Gasteiger partial charge is 0.481 e. The molecule has 0 aromatic heterocycles. The van der Waals surface area contributed by atoms with E-state index in [1.54, 1.807) is 0 Å². The van der Waals surface area contributed by atoms with Crippen LogP contribution in [0.15, 0.2) is 12.2 Å². The third-order valence-electron chi connectivity index (χ3n) is 1.58. The van der Waals surface area contributed by atoms with Crippen LogP contribution in [-0.2, 0) is 19.1 Å². The zero-order chi connectivity index (χ0) is 11.8. The van der Waals surface area contributed by atoms with Gasteiger partial charge >= 0.3 is 17.9 Å². The summed E-state index contributed by atoms with van der Waals surface area (Å²) in [6.45, 7) is 4.77. The molecule has 84 valence electrons. The Morgan fingerprint density at radius 1 is 1.20 bits per heavy atom. The zero-order valence-electron chi connectivity index (χ0n) is 8.62. The maximum atomic E-state index is 11.0. The average Bonchev–Trinajstić information content (AvgIpc) is 2.12. The Kier molecular flexibility index (Phi) is 6.01. The maximum Gasteiger partial charge on any atom is 0.340 e. The van der Waals surface area contributed by atoms with Gasteiger partial charge in [-0.2, -0.15) is 0 Å². The Hall–Kier alpha value is -1.65. The number of carboxylic acids is 1. The van der Waals surface area contributed by atoms with Gasteiger partial charge < -0.3 is 9.84 Å². The Balaban J connectivity index is 3.62. The van der Waals surface area contributed by atoms with Crippen molar-refractivity contribution in [2.24, 2.45) is 0 Å². The lowest BCUT2D eigenvalue weighted by Crippen LogP contribution is -2.12. The fourth-order valence-corrected chi connectivity index (χ4v) is 0.787. The van der Waals surface area contributed by atoms with Crippen molar-refractivity contribution in [3.63, 3.8) is 0 Å². The van der Waals surface area contributed by atoms with Crippen LogP contribution in [0.5, 0.6) is 0 Å². The molecule has 5 nitrogen and oxygen atoms in total. The van der Waals surface area contributed by atoms with Crippen LogP contribution in [0.2, 0.25) is 0 Å². The predicted molar refractivity (Wildman–Crippen MR) is 52.0 cm³/mol. The summed E-state index contributed by atoms with van der Waals surface area (Å²) in [5.41, 5.74) is 0.161. The van der Waals surface area contributed by atoms with Gasteiger partial charge in [-0.3, -0.25) is 9.59 Å². The molecule has 0 rings (SSSR count). The van der Waals surface area contributed by atoms with Crippen molar-refractivity contribution in [1.29, 1.82) is 0 Å². The van der Waals surface area contributed by atoms with Crippen LogP contribution >= 0.6 is 0 Å². The third kappa shape index (κ3) is 7.42. The minimum atomic E-state index is -0.902. The van der Waals surface area contributed by atoms with E-state index in [0.29, 0.717) is 12.8 Å². The summed E-state index contributed by atoms with van der Waals surface area (Å²) in [6, 6.07) is 0. The summed E-state index contributed by atoms with van der Waals surface area (Å²) >= 11 is 0. The molecule has 0 atom stereocenters. The Bertz CT molecular complexity index is 280. The lowest BCUT2D eigenvalue weighted by atomic mass is 10.2. The lowest BCUT2D eigenvalue weighted by molar-refractivity contribution is -0.157. The normalized spacial score (nSPS) is 9.40. The molecule has 0 amide bonds. The quantitative estimate of drug-likeness (QED) is 0.312. The van der Waals surface area contributed by atoms with Crippen molar-refractivity contribution in [2.75, 3.05) is 0 Å². The lowest BCUT2D eigenvalue weighted by Gasteiger charge is -2.01. The van der Waals surface area contributed by atoms with Crippen LogP contribution in [0.3, 0.4) is 0 Å². The van der Waals surface area contributed by atoms with Crippen molar-refractivity contribution in [2.45, 2.75) is 32.6 Å². The molecular weight excluding hydrogens is 200 g/mol. The highest BCUT2D eigenvalue weighted by Gasteiger charge is 2.10. The second-order valence-corrected chi connectivity index (χ2v) is 3.14. The molecule has 1 N–H and O–H groups in total. The smallest absolute Gasteiger partial charge is 0.340 e. The first-order valence-corrected chi connectivity index (χ1v) is 4.55. The van der Waals surface area contributed by atoms with Crippen molar-refractivity contribution < 1.29 is 24.2 Å². The van der Waals surface area contributed by atoms with E-state index < -0.39 is 17.9 Å². The SMILES string of the molecule is C=C(C)C(=O)OC(=O)CCCCC(=O)O. The molecule has 0 saturated carbocycles. The second-order valence-electron chi connectivity index (χ2n) is 3.14. The van der Waals surface area contributed by atoms with Gasteiger partial charge in [0, 0.05) is 18.4 Å². The monoisotopic (exact) mass is 214 g/mol. The van der Waals surface area contributed by atoms with Crippen LogP contribution in [0.1, 0.15) is 32.6 Å². The number of hydrogen-bond acceptors (Lipinski definition) is 4. The molecule has 0 radical (unpaired) electrons. The standard InChI is InChI=1S/C10H14O5/c1-7(2)10(14)15-9(13)6-4-3-5-8(11)12/h1,3-6H2,2H3,(H,11,12). The van der Waals surface area contributed by atoms with Gasteiger partial charge in [0.25, 0.3) is 0 Å². The van der Waals surface area contributed by atoms with Crippen LogP contribution < -0.4 is 0 Å². The highest BCUT2D eigenvalue weighted by Crippen LogP contribution is 2.03. The van der Waals surface area contributed by atoms with Gasteiger partial charge in [-0.25, -0.2) is 4.79 Å². The number of carboxylic acid groups (broad SMARTS) is 1. The molecule has 0 aliphatic rings. The summed E-state index contributed by atoms with van der Waals surface area (Å²) in [5.74, 6) is -2.28. The van der Waals surface area contributed by atoms with Crippen molar-refractivity contribution in [3.05, 3.63) is 12.2 Å². The number of carbonyl (C=O) groups excluding carboxylic acids is 2. The molecule has 15 heavy (non-hydrogen) atoms. The van der Waals surface area contributed by atoms with Gasteiger partial charge in [-0.15, -0.1) is 0 Å². The highest BCUT2D eigenvalue weighted by atomic mass is 16.6. The van der Waals surface area contributed by atoms with E-state index in [1.165, 1.54) is 6.92 Å². The van der Waals surface area contributed by atoms with E-state index in [-0.39, 0.29) is 18.4 Å². The van der Waals surface area contributed by atoms with E-state index in [0.717, 1.165) is 0 Å². The minimum absolute atomic E-state index is 0.0156. The first-order valence-electron chi connectivity index (χ1n) is 4.55. The molecule has 0 aromatic carbocycles. The first kappa shape index (κ1) is 13.4. The number of aliphatic carboxylic acids is 1. The van der Waals surface area contributed by atoms with Gasteiger partial charge in [0.15, 0.2) is 0 Å². The van der Waals surface area contributed by atoms with Gasteiger partial charge in [0.05, 0.1) is 0 Å². The van der Waals surface area contributed by atoms with Crippen molar-refractivity contribution in [1.82, 2.24) is 0 Å². The molecule has 0 heterocycles. The Morgan fingerprint density at radius 2 is 1.73 bits per heavy atom. The van der Waals surface area contributed by atoms with Crippen LogP contribution in [0.4, 0.5) is 0 Å². The van der Waals surface area contributed by atoms with Gasteiger partial charge in [-0.1, -0.05) is 6.58 Å². The number of rotatable bonds is 6. The van der Waals surface area contributed by atoms with Gasteiger partial charge in [0.2, 0.25) is 0 Å². The molecule has 0 saturated heterocycles. The zero-order valence-corrected chi connectivity index (χ0v) is 8.62. The van der Waals surface area contributed by atoms with E-state index in [2.05, 4.69) is 11.3 Å². The van der Waals surface area contributed by atoms with E-state index in [9.17, 15) is 14.4 Å². The fourth-order valence-electron chi connectivity index (χ4n) is 0.787. The summed E-state index contributed by atoms with van der Waals surface area (Å²) in [6.07, 6.45) is 0.855. The molecule has 0 unspecified atom stereocenters. The molecule has 0 spiro atoms. The molecule has 0 aliphatic heterocycles. The van der Waals surface area contributed by atoms with Gasteiger partial charge in [0.1, 0.15) is 0 Å². The predicted octanol–water partition coefficient (Wildman–Crippen LogP) is 1.28. The average molecular weight is 214 g/mol. The number of hydrogen-bond donors (Lipinski definition) is 1. The van der Waals surface area contributed by atoms with Crippen LogP contribution in [0.25, 0.3) is 0 Å². The van der Waals surface area contributed by atoms with E-state index in [1.807, 2.05) is 0 Å². The van der Waals surface area contributed by atoms with Gasteiger partial charge in [-0.05, 0) is 19.8 Å². The third-order valence-corrected chi connectivity index (χ3v) is 1.58. The highest BCUT2D eigenvalue weighted by molar-refractivity contribution is 5.95. The molecular formula is C10H14O5. The molecule has 0 aliphatic carbocycles. The summed E-state index contributed by atoms with van der Waals surface area (Å²) in [7, 11) is 0. The number of ether oxygens (including phenoxy) is 1. The molecule has 0 aromatic rings. The molecule has 0 fully saturated rings. The van der Waals surface area contributed by atoms with E-state index in [4.69, 9.17) is 5.11 Å². The summed E-state index contributed by atoms with van der Waals surface area (Å²) in [5, 5.41) is 8.32. The number of unbranched alkanes of at least 4 members (excludes halogenated alkanes) is 1. The Morgan fingerprint density at radius 3 is 2.20 bits per heavy atom. The minimum Gasteiger partial charge on any atom is -0.481 e. The Labute approximate surface area is 87.7 Å². The molecule has 5 heteroatoms. The fraction of sp³-hybridized carbons (Fsp3) is 0.500. The molecule has 0 bridgehead atoms. The second kappa shape index (κ2) is 6.75. The summed E-state index contributed by atoms with van der Waals surface area (Å²) in [4.78, 5) is 32.0. The van der Waals surface area contributed by atoms with Crippen LogP contribution in [0, 0.1) is 0 Å². The number of carbonyl (C=O) groups is 3. The topological polar surface area (TPSA) is 80.7 Å². The van der Waals surface area contributed by atoms with Crippen molar-refractivity contribution in [3.8, 4) is 0 Å².